The molecule has 0 aromatic carbocycles. The largest absolute Gasteiger partial charge is 0.368 e. The van der Waals surface area contributed by atoms with Gasteiger partial charge in [0.05, 0.1) is 5.54 Å². The summed E-state index contributed by atoms with van der Waals surface area (Å²) in [6.07, 6.45) is 4.66. The van der Waals surface area contributed by atoms with Gasteiger partial charge in [0.2, 0.25) is 5.91 Å². The van der Waals surface area contributed by atoms with Gasteiger partial charge in [-0.15, -0.1) is 0 Å². The fourth-order valence-electron chi connectivity index (χ4n) is 3.00. The number of hydrogen-bond donors (Lipinski definition) is 2. The smallest absolute Gasteiger partial charge is 0.237 e. The summed E-state index contributed by atoms with van der Waals surface area (Å²) < 4.78 is 0. The highest BCUT2D eigenvalue weighted by Crippen LogP contribution is 2.31. The Morgan fingerprint density at radius 2 is 2.00 bits per heavy atom. The Morgan fingerprint density at radius 3 is 2.40 bits per heavy atom. The second-order valence-electron chi connectivity index (χ2n) is 6.99. The van der Waals surface area contributed by atoms with Crippen LogP contribution in [0.15, 0.2) is 0 Å². The molecule has 1 amide bonds. The lowest BCUT2D eigenvalue weighted by molar-refractivity contribution is -0.125. The SMILES string of the molecule is CCCN(CC1CC1)C(C)CC(C)(NC(C)C)C(N)=O. The number of amides is 1. The first kappa shape index (κ1) is 17.4. The van der Waals surface area contributed by atoms with Crippen molar-refractivity contribution in [3.63, 3.8) is 0 Å². The molecule has 4 heteroatoms. The van der Waals surface area contributed by atoms with Crippen LogP contribution in [0.2, 0.25) is 0 Å². The van der Waals surface area contributed by atoms with Gasteiger partial charge in [-0.05, 0) is 65.8 Å². The fraction of sp³-hybridized carbons (Fsp3) is 0.938. The van der Waals surface area contributed by atoms with Gasteiger partial charge in [-0.2, -0.15) is 0 Å². The first-order valence-electron chi connectivity index (χ1n) is 8.10. The molecule has 118 valence electrons. The minimum Gasteiger partial charge on any atom is -0.368 e. The molecule has 1 aliphatic carbocycles. The quantitative estimate of drug-likeness (QED) is 0.646. The predicted molar refractivity (Wildman–Crippen MR) is 84.5 cm³/mol. The molecule has 1 saturated carbocycles. The standard InChI is InChI=1S/C16H33N3O/c1-6-9-19(11-14-7-8-14)13(4)10-16(5,15(17)20)18-12(2)3/h12-14,18H,6-11H2,1-5H3,(H2,17,20). The van der Waals surface area contributed by atoms with E-state index in [1.54, 1.807) is 0 Å². The molecule has 0 aliphatic heterocycles. The molecule has 0 aromatic heterocycles. The molecule has 4 nitrogen and oxygen atoms in total. The van der Waals surface area contributed by atoms with Crippen LogP contribution in [0, 0.1) is 5.92 Å². The van der Waals surface area contributed by atoms with Crippen molar-refractivity contribution in [1.29, 1.82) is 0 Å². The molecule has 3 N–H and O–H groups in total. The summed E-state index contributed by atoms with van der Waals surface area (Å²) in [5.41, 5.74) is 5.01. The van der Waals surface area contributed by atoms with Crippen LogP contribution in [-0.2, 0) is 4.79 Å². The van der Waals surface area contributed by atoms with Crippen molar-refractivity contribution in [2.75, 3.05) is 13.1 Å². The normalized spacial score (nSPS) is 20.1. The lowest BCUT2D eigenvalue weighted by Gasteiger charge is -2.37. The van der Waals surface area contributed by atoms with Crippen LogP contribution < -0.4 is 11.1 Å². The van der Waals surface area contributed by atoms with Crippen LogP contribution in [-0.4, -0.2) is 41.5 Å². The lowest BCUT2D eigenvalue weighted by Crippen LogP contribution is -2.58. The zero-order valence-electron chi connectivity index (χ0n) is 13.9. The van der Waals surface area contributed by atoms with Crippen molar-refractivity contribution < 1.29 is 4.79 Å². The number of carbonyl (C=O) groups is 1. The number of carbonyl (C=O) groups excluding carboxylic acids is 1. The zero-order valence-corrected chi connectivity index (χ0v) is 13.9. The van der Waals surface area contributed by atoms with Crippen molar-refractivity contribution in [2.45, 2.75) is 77.9 Å². The lowest BCUT2D eigenvalue weighted by atomic mass is 9.91. The Labute approximate surface area is 124 Å². The fourth-order valence-corrected chi connectivity index (χ4v) is 3.00. The Bertz CT molecular complexity index is 315. The number of hydrogen-bond acceptors (Lipinski definition) is 3. The van der Waals surface area contributed by atoms with E-state index in [0.29, 0.717) is 6.04 Å². The van der Waals surface area contributed by atoms with E-state index in [9.17, 15) is 4.79 Å². The van der Waals surface area contributed by atoms with Crippen LogP contribution in [0.25, 0.3) is 0 Å². The molecule has 0 spiro atoms. The average molecular weight is 283 g/mol. The number of nitrogens with one attached hydrogen (secondary N) is 1. The van der Waals surface area contributed by atoms with Gasteiger partial charge < -0.3 is 16.0 Å². The third-order valence-electron chi connectivity index (χ3n) is 4.18. The first-order chi connectivity index (χ1) is 9.28. The molecular weight excluding hydrogens is 250 g/mol. The number of nitrogens with zero attached hydrogens (tertiary/aromatic N) is 1. The zero-order chi connectivity index (χ0) is 15.3. The van der Waals surface area contributed by atoms with Gasteiger partial charge >= 0.3 is 0 Å². The van der Waals surface area contributed by atoms with E-state index < -0.39 is 5.54 Å². The molecule has 2 unspecified atom stereocenters. The van der Waals surface area contributed by atoms with Gasteiger partial charge in [0.1, 0.15) is 0 Å². The minimum absolute atomic E-state index is 0.249. The Morgan fingerprint density at radius 1 is 1.40 bits per heavy atom. The summed E-state index contributed by atoms with van der Waals surface area (Å²) in [5, 5.41) is 3.35. The molecule has 20 heavy (non-hydrogen) atoms. The van der Waals surface area contributed by atoms with Crippen LogP contribution in [0.4, 0.5) is 0 Å². The third kappa shape index (κ3) is 5.41. The van der Waals surface area contributed by atoms with Crippen LogP contribution >= 0.6 is 0 Å². The summed E-state index contributed by atoms with van der Waals surface area (Å²) in [4.78, 5) is 14.4. The summed E-state index contributed by atoms with van der Waals surface area (Å²) in [5.74, 6) is 0.628. The van der Waals surface area contributed by atoms with Gasteiger partial charge in [-0.3, -0.25) is 4.79 Å². The van der Waals surface area contributed by atoms with Gasteiger partial charge in [0.25, 0.3) is 0 Å². The van der Waals surface area contributed by atoms with Crippen LogP contribution in [0.5, 0.6) is 0 Å². The highest BCUT2D eigenvalue weighted by molar-refractivity contribution is 5.84. The maximum absolute atomic E-state index is 11.8. The molecular formula is C16H33N3O. The summed E-state index contributed by atoms with van der Waals surface area (Å²) in [6.45, 7) is 12.8. The van der Waals surface area contributed by atoms with Gasteiger partial charge in [0.15, 0.2) is 0 Å². The molecule has 2 atom stereocenters. The van der Waals surface area contributed by atoms with E-state index in [2.05, 4.69) is 37.9 Å². The molecule has 1 aliphatic rings. The average Bonchev–Trinajstić information content (AvgIpc) is 3.10. The maximum Gasteiger partial charge on any atom is 0.237 e. The first-order valence-corrected chi connectivity index (χ1v) is 8.10. The van der Waals surface area contributed by atoms with E-state index >= 15 is 0 Å². The van der Waals surface area contributed by atoms with Gasteiger partial charge in [0, 0.05) is 18.6 Å². The summed E-state index contributed by atoms with van der Waals surface area (Å²) >= 11 is 0. The summed E-state index contributed by atoms with van der Waals surface area (Å²) in [7, 11) is 0. The van der Waals surface area contributed by atoms with Crippen molar-refractivity contribution >= 4 is 5.91 Å². The Kier molecular flexibility index (Phi) is 6.46. The Balaban J connectivity index is 2.65. The molecule has 0 saturated heterocycles. The van der Waals surface area contributed by atoms with E-state index in [4.69, 9.17) is 5.73 Å². The maximum atomic E-state index is 11.8. The molecule has 0 radical (unpaired) electrons. The van der Waals surface area contributed by atoms with E-state index in [1.165, 1.54) is 19.4 Å². The van der Waals surface area contributed by atoms with Crippen LogP contribution in [0.1, 0.15) is 60.3 Å². The van der Waals surface area contributed by atoms with E-state index in [1.807, 2.05) is 6.92 Å². The van der Waals surface area contributed by atoms with Crippen LogP contribution in [0.3, 0.4) is 0 Å². The molecule has 0 aromatic rings. The Hall–Kier alpha value is -0.610. The summed E-state index contributed by atoms with van der Waals surface area (Å²) in [6, 6.07) is 0.627. The van der Waals surface area contributed by atoms with Crippen molar-refractivity contribution in [3.05, 3.63) is 0 Å². The van der Waals surface area contributed by atoms with E-state index in [-0.39, 0.29) is 11.9 Å². The topological polar surface area (TPSA) is 58.4 Å². The van der Waals surface area contributed by atoms with Crippen molar-refractivity contribution in [3.8, 4) is 0 Å². The molecule has 0 bridgehead atoms. The van der Waals surface area contributed by atoms with Gasteiger partial charge in [-0.1, -0.05) is 6.92 Å². The molecule has 1 fully saturated rings. The second kappa shape index (κ2) is 7.41. The van der Waals surface area contributed by atoms with Crippen molar-refractivity contribution in [1.82, 2.24) is 10.2 Å². The number of primary amides is 1. The molecule has 1 rings (SSSR count). The minimum atomic E-state index is -0.622. The van der Waals surface area contributed by atoms with E-state index in [0.717, 1.165) is 25.3 Å². The monoisotopic (exact) mass is 283 g/mol. The highest BCUT2D eigenvalue weighted by Gasteiger charge is 2.35. The number of rotatable bonds is 10. The highest BCUT2D eigenvalue weighted by atomic mass is 16.1. The third-order valence-corrected chi connectivity index (χ3v) is 4.18. The van der Waals surface area contributed by atoms with Crippen molar-refractivity contribution in [2.24, 2.45) is 11.7 Å². The van der Waals surface area contributed by atoms with Gasteiger partial charge in [-0.25, -0.2) is 0 Å². The predicted octanol–water partition coefficient (Wildman–Crippen LogP) is 2.13. The number of nitrogens with two attached hydrogens (primary N) is 1. The second-order valence-corrected chi connectivity index (χ2v) is 6.99. The molecule has 0 heterocycles.